The molecule has 1 saturated carbocycles. The van der Waals surface area contributed by atoms with E-state index in [-0.39, 0.29) is 0 Å². The molecule has 1 aliphatic rings. The molecule has 1 fully saturated rings. The third kappa shape index (κ3) is 3.07. The number of rotatable bonds is 7. The van der Waals surface area contributed by atoms with Crippen molar-refractivity contribution >= 4 is 6.29 Å². The van der Waals surface area contributed by atoms with Crippen LogP contribution in [0.25, 0.3) is 0 Å². The number of imidazole rings is 1. The summed E-state index contributed by atoms with van der Waals surface area (Å²) in [5.74, 6) is 1.24. The molecule has 1 aliphatic carbocycles. The molecule has 2 aromatic rings. The van der Waals surface area contributed by atoms with Crippen molar-refractivity contribution < 1.29 is 14.3 Å². The van der Waals surface area contributed by atoms with Gasteiger partial charge in [-0.3, -0.25) is 4.79 Å². The van der Waals surface area contributed by atoms with Crippen LogP contribution in [0, 0.1) is 0 Å². The third-order valence-electron chi connectivity index (χ3n) is 3.47. The highest BCUT2D eigenvalue weighted by atomic mass is 16.5. The molecule has 5 nitrogen and oxygen atoms in total. The average molecular weight is 286 g/mol. The number of carbonyl (C=O) groups excluding carboxylic acids is 1. The van der Waals surface area contributed by atoms with Crippen LogP contribution < -0.4 is 9.47 Å². The topological polar surface area (TPSA) is 53.4 Å². The lowest BCUT2D eigenvalue weighted by Gasteiger charge is -2.13. The van der Waals surface area contributed by atoms with Gasteiger partial charge < -0.3 is 14.0 Å². The van der Waals surface area contributed by atoms with Gasteiger partial charge in [0.15, 0.2) is 11.5 Å². The molecule has 110 valence electrons. The predicted molar refractivity (Wildman–Crippen MR) is 77.8 cm³/mol. The van der Waals surface area contributed by atoms with Crippen LogP contribution in [0.5, 0.6) is 11.5 Å². The summed E-state index contributed by atoms with van der Waals surface area (Å²) < 4.78 is 13.6. The molecule has 0 spiro atoms. The smallest absolute Gasteiger partial charge is 0.161 e. The zero-order valence-electron chi connectivity index (χ0n) is 12.0. The predicted octanol–water partition coefficient (Wildman–Crippen LogP) is 3.01. The molecule has 1 aromatic carbocycles. The fourth-order valence-electron chi connectivity index (χ4n) is 2.26. The highest BCUT2D eigenvalue weighted by Crippen LogP contribution is 2.36. The molecule has 21 heavy (non-hydrogen) atoms. The van der Waals surface area contributed by atoms with Crippen LogP contribution in [0.15, 0.2) is 30.7 Å². The van der Waals surface area contributed by atoms with E-state index in [9.17, 15) is 4.79 Å². The zero-order valence-corrected chi connectivity index (χ0v) is 12.0. The van der Waals surface area contributed by atoms with Crippen molar-refractivity contribution in [3.63, 3.8) is 0 Å². The molecular formula is C16H18N2O3. The number of aromatic nitrogens is 2. The van der Waals surface area contributed by atoms with Gasteiger partial charge in [0, 0.05) is 11.6 Å². The van der Waals surface area contributed by atoms with Gasteiger partial charge in [-0.25, -0.2) is 4.98 Å². The molecule has 0 amide bonds. The largest absolute Gasteiger partial charge is 0.490 e. The van der Waals surface area contributed by atoms with E-state index in [0.717, 1.165) is 12.0 Å². The Morgan fingerprint density at radius 1 is 1.33 bits per heavy atom. The first-order valence-corrected chi connectivity index (χ1v) is 7.17. The molecular weight excluding hydrogens is 268 g/mol. The Morgan fingerprint density at radius 3 is 2.90 bits per heavy atom. The maximum Gasteiger partial charge on any atom is 0.161 e. The molecule has 0 N–H and O–H groups in total. The van der Waals surface area contributed by atoms with Crippen LogP contribution in [-0.4, -0.2) is 22.4 Å². The van der Waals surface area contributed by atoms with Crippen molar-refractivity contribution in [2.75, 3.05) is 6.61 Å². The zero-order chi connectivity index (χ0) is 14.7. The van der Waals surface area contributed by atoms with Crippen LogP contribution in [-0.2, 0) is 6.61 Å². The Morgan fingerprint density at radius 2 is 2.19 bits per heavy atom. The minimum absolute atomic E-state index is 0.441. The highest BCUT2D eigenvalue weighted by molar-refractivity contribution is 5.76. The lowest BCUT2D eigenvalue weighted by Crippen LogP contribution is -2.05. The molecule has 0 bridgehead atoms. The van der Waals surface area contributed by atoms with E-state index in [1.165, 1.54) is 12.8 Å². The highest BCUT2D eigenvalue weighted by Gasteiger charge is 2.25. The Balaban J connectivity index is 1.74. The molecule has 3 rings (SSSR count). The van der Waals surface area contributed by atoms with Crippen molar-refractivity contribution in [1.29, 1.82) is 0 Å². The summed E-state index contributed by atoms with van der Waals surface area (Å²) in [4.78, 5) is 15.0. The van der Waals surface area contributed by atoms with Gasteiger partial charge in [-0.2, -0.15) is 0 Å². The lowest BCUT2D eigenvalue weighted by molar-refractivity contribution is 0.112. The van der Waals surface area contributed by atoms with Crippen LogP contribution >= 0.6 is 0 Å². The van der Waals surface area contributed by atoms with Gasteiger partial charge in [-0.1, -0.05) is 0 Å². The number of carbonyl (C=O) groups is 1. The van der Waals surface area contributed by atoms with E-state index in [0.29, 0.717) is 36.3 Å². The lowest BCUT2D eigenvalue weighted by atomic mass is 10.2. The second-order valence-electron chi connectivity index (χ2n) is 5.07. The van der Waals surface area contributed by atoms with Gasteiger partial charge in [-0.05, 0) is 38.0 Å². The first kappa shape index (κ1) is 13.7. The molecule has 0 aliphatic heterocycles. The van der Waals surface area contributed by atoms with Crippen molar-refractivity contribution in [3.8, 4) is 11.5 Å². The quantitative estimate of drug-likeness (QED) is 0.734. The molecule has 1 aromatic heterocycles. The third-order valence-corrected chi connectivity index (χ3v) is 3.47. The molecule has 0 atom stereocenters. The standard InChI is InChI=1S/C16H18N2O3/c1-2-20-16-7-12(9-19)3-6-15(16)21-10-14-8-17-11-18(14)13-4-5-13/h3,6-9,11,13H,2,4-5,10H2,1H3. The SMILES string of the molecule is CCOc1cc(C=O)ccc1OCc1cncn1C1CC1. The molecule has 0 unspecified atom stereocenters. The van der Waals surface area contributed by atoms with Crippen LogP contribution in [0.3, 0.4) is 0 Å². The first-order chi connectivity index (χ1) is 10.3. The number of hydrogen-bond acceptors (Lipinski definition) is 4. The van der Waals surface area contributed by atoms with E-state index < -0.39 is 0 Å². The minimum atomic E-state index is 0.441. The fourth-order valence-corrected chi connectivity index (χ4v) is 2.26. The van der Waals surface area contributed by atoms with Crippen molar-refractivity contribution in [2.24, 2.45) is 0 Å². The fraction of sp³-hybridized carbons (Fsp3) is 0.375. The Kier molecular flexibility index (Phi) is 3.90. The average Bonchev–Trinajstić information content (AvgIpc) is 3.25. The number of ether oxygens (including phenoxy) is 2. The van der Waals surface area contributed by atoms with E-state index >= 15 is 0 Å². The van der Waals surface area contributed by atoms with Gasteiger partial charge in [0.2, 0.25) is 0 Å². The van der Waals surface area contributed by atoms with E-state index in [1.54, 1.807) is 18.2 Å². The van der Waals surface area contributed by atoms with Gasteiger partial charge >= 0.3 is 0 Å². The summed E-state index contributed by atoms with van der Waals surface area (Å²) in [5, 5.41) is 0. The van der Waals surface area contributed by atoms with Crippen molar-refractivity contribution in [3.05, 3.63) is 42.0 Å². The van der Waals surface area contributed by atoms with Crippen molar-refractivity contribution in [2.45, 2.75) is 32.4 Å². The maximum absolute atomic E-state index is 10.8. The van der Waals surface area contributed by atoms with Gasteiger partial charge in [0.25, 0.3) is 0 Å². The van der Waals surface area contributed by atoms with Crippen molar-refractivity contribution in [1.82, 2.24) is 9.55 Å². The second kappa shape index (κ2) is 5.99. The van der Waals surface area contributed by atoms with E-state index in [2.05, 4.69) is 9.55 Å². The number of benzene rings is 1. The molecule has 1 heterocycles. The maximum atomic E-state index is 10.8. The first-order valence-electron chi connectivity index (χ1n) is 7.17. The Hall–Kier alpha value is -2.30. The monoisotopic (exact) mass is 286 g/mol. The van der Waals surface area contributed by atoms with Gasteiger partial charge in [-0.15, -0.1) is 0 Å². The summed E-state index contributed by atoms with van der Waals surface area (Å²) in [7, 11) is 0. The molecule has 5 heteroatoms. The molecule has 0 saturated heterocycles. The number of hydrogen-bond donors (Lipinski definition) is 0. The Bertz CT molecular complexity index is 632. The van der Waals surface area contributed by atoms with Gasteiger partial charge in [0.1, 0.15) is 12.9 Å². The van der Waals surface area contributed by atoms with Gasteiger partial charge in [0.05, 0.1) is 24.8 Å². The molecule has 0 radical (unpaired) electrons. The van der Waals surface area contributed by atoms with Crippen LogP contribution in [0.4, 0.5) is 0 Å². The summed E-state index contributed by atoms with van der Waals surface area (Å²) in [6, 6.07) is 5.77. The van der Waals surface area contributed by atoms with E-state index in [4.69, 9.17) is 9.47 Å². The number of aldehydes is 1. The van der Waals surface area contributed by atoms with Crippen LogP contribution in [0.1, 0.15) is 41.9 Å². The Labute approximate surface area is 123 Å². The number of nitrogens with zero attached hydrogens (tertiary/aromatic N) is 2. The summed E-state index contributed by atoms with van der Waals surface area (Å²) in [5.41, 5.74) is 1.63. The normalized spacial score (nSPS) is 14.0. The van der Waals surface area contributed by atoms with E-state index in [1.807, 2.05) is 19.4 Å². The minimum Gasteiger partial charge on any atom is -0.490 e. The summed E-state index contributed by atoms with van der Waals surface area (Å²) in [6.45, 7) is 2.87. The van der Waals surface area contributed by atoms with Crippen LogP contribution in [0.2, 0.25) is 0 Å². The second-order valence-corrected chi connectivity index (χ2v) is 5.07. The summed E-state index contributed by atoms with van der Waals surface area (Å²) >= 11 is 0. The summed E-state index contributed by atoms with van der Waals surface area (Å²) in [6.07, 6.45) is 6.91.